The minimum atomic E-state index is -0.159. The Labute approximate surface area is 91.7 Å². The van der Waals surface area contributed by atoms with Gasteiger partial charge in [-0.1, -0.05) is 22.0 Å². The molecule has 14 heavy (non-hydrogen) atoms. The van der Waals surface area contributed by atoms with E-state index >= 15 is 0 Å². The number of amides is 1. The van der Waals surface area contributed by atoms with Crippen molar-refractivity contribution in [2.75, 3.05) is 14.2 Å². The summed E-state index contributed by atoms with van der Waals surface area (Å²) in [5, 5.41) is 1.19. The van der Waals surface area contributed by atoms with Gasteiger partial charge in [0.2, 0.25) is 0 Å². The monoisotopic (exact) mass is 257 g/mol. The van der Waals surface area contributed by atoms with Crippen molar-refractivity contribution in [3.05, 3.63) is 33.8 Å². The van der Waals surface area contributed by atoms with E-state index < -0.39 is 0 Å². The number of rotatable bonds is 2. The van der Waals surface area contributed by atoms with E-state index in [9.17, 15) is 4.79 Å². The largest absolute Gasteiger partial charge is 0.277 e. The maximum atomic E-state index is 11.6. The van der Waals surface area contributed by atoms with Crippen molar-refractivity contribution in [2.45, 2.75) is 6.92 Å². The third-order valence-electron chi connectivity index (χ3n) is 1.98. The van der Waals surface area contributed by atoms with Gasteiger partial charge in [-0.3, -0.25) is 9.63 Å². The smallest absolute Gasteiger partial charge is 0.274 e. The van der Waals surface area contributed by atoms with Crippen LogP contribution in [0.2, 0.25) is 0 Å². The number of nitrogens with zero attached hydrogens (tertiary/aromatic N) is 1. The predicted octanol–water partition coefficient (Wildman–Crippen LogP) is 2.39. The highest BCUT2D eigenvalue weighted by molar-refractivity contribution is 9.10. The third kappa shape index (κ3) is 2.33. The number of carbonyl (C=O) groups is 1. The van der Waals surface area contributed by atoms with Crippen molar-refractivity contribution in [1.82, 2.24) is 5.06 Å². The van der Waals surface area contributed by atoms with Gasteiger partial charge < -0.3 is 0 Å². The Bertz CT molecular complexity index is 352. The van der Waals surface area contributed by atoms with Crippen LogP contribution in [0.4, 0.5) is 0 Å². The maximum Gasteiger partial charge on any atom is 0.277 e. The van der Waals surface area contributed by atoms with Crippen LogP contribution in [0, 0.1) is 6.92 Å². The molecule has 0 atom stereocenters. The van der Waals surface area contributed by atoms with Gasteiger partial charge in [0, 0.05) is 17.1 Å². The van der Waals surface area contributed by atoms with Crippen molar-refractivity contribution in [3.63, 3.8) is 0 Å². The summed E-state index contributed by atoms with van der Waals surface area (Å²) in [5.41, 5.74) is 1.70. The van der Waals surface area contributed by atoms with Crippen LogP contribution in [0.3, 0.4) is 0 Å². The van der Waals surface area contributed by atoms with Gasteiger partial charge in [-0.25, -0.2) is 5.06 Å². The fourth-order valence-electron chi connectivity index (χ4n) is 0.991. The van der Waals surface area contributed by atoms with Crippen molar-refractivity contribution in [3.8, 4) is 0 Å². The van der Waals surface area contributed by atoms with Crippen LogP contribution in [-0.2, 0) is 4.84 Å². The number of hydrogen-bond acceptors (Lipinski definition) is 2. The van der Waals surface area contributed by atoms with Crippen LogP contribution in [0.1, 0.15) is 15.9 Å². The molecule has 0 fully saturated rings. The minimum Gasteiger partial charge on any atom is -0.274 e. The highest BCUT2D eigenvalue weighted by Gasteiger charge is 2.11. The van der Waals surface area contributed by atoms with Gasteiger partial charge in [0.1, 0.15) is 0 Å². The highest BCUT2D eigenvalue weighted by atomic mass is 79.9. The molecule has 1 aromatic carbocycles. The second kappa shape index (κ2) is 4.57. The second-order valence-corrected chi connectivity index (χ2v) is 3.80. The van der Waals surface area contributed by atoms with Crippen LogP contribution >= 0.6 is 15.9 Å². The molecular formula is C10H12BrNO2. The first kappa shape index (κ1) is 11.2. The fraction of sp³-hybridized carbons (Fsp3) is 0.300. The molecule has 1 aromatic rings. The molecule has 1 amide bonds. The molecule has 1 rings (SSSR count). The maximum absolute atomic E-state index is 11.6. The summed E-state index contributed by atoms with van der Waals surface area (Å²) in [7, 11) is 3.04. The van der Waals surface area contributed by atoms with Crippen LogP contribution in [0.15, 0.2) is 22.7 Å². The fourth-order valence-corrected chi connectivity index (χ4v) is 1.37. The molecule has 0 radical (unpaired) electrons. The number of benzene rings is 1. The molecule has 0 bridgehead atoms. The van der Waals surface area contributed by atoms with E-state index in [2.05, 4.69) is 15.9 Å². The number of carbonyl (C=O) groups excluding carboxylic acids is 1. The molecule has 0 aliphatic carbocycles. The molecule has 0 aliphatic heterocycles. The first-order valence-corrected chi connectivity index (χ1v) is 4.94. The molecule has 0 N–H and O–H groups in total. The zero-order chi connectivity index (χ0) is 10.7. The summed E-state index contributed by atoms with van der Waals surface area (Å²) in [5.74, 6) is -0.159. The molecule has 0 aliphatic rings. The van der Waals surface area contributed by atoms with E-state index in [1.54, 1.807) is 19.2 Å². The normalized spacial score (nSPS) is 10.0. The molecular weight excluding hydrogens is 246 g/mol. The number of halogens is 1. The van der Waals surface area contributed by atoms with Crippen molar-refractivity contribution in [2.24, 2.45) is 0 Å². The lowest BCUT2D eigenvalue weighted by Crippen LogP contribution is -2.25. The lowest BCUT2D eigenvalue weighted by molar-refractivity contribution is -0.0757. The molecule has 76 valence electrons. The Balaban J connectivity index is 2.97. The second-order valence-electron chi connectivity index (χ2n) is 2.95. The number of hydrogen-bond donors (Lipinski definition) is 0. The SMILES string of the molecule is CON(C)C(=O)c1ccc(C)c(Br)c1. The standard InChI is InChI=1S/C10H12BrNO2/c1-7-4-5-8(6-9(7)11)10(13)12(2)14-3/h4-6H,1-3H3. The van der Waals surface area contributed by atoms with Gasteiger partial charge in [-0.05, 0) is 24.6 Å². The van der Waals surface area contributed by atoms with Crippen molar-refractivity contribution in [1.29, 1.82) is 0 Å². The van der Waals surface area contributed by atoms with Gasteiger partial charge in [0.05, 0.1) is 7.11 Å². The zero-order valence-corrected chi connectivity index (χ0v) is 9.96. The Hall–Kier alpha value is -0.870. The molecule has 0 aromatic heterocycles. The molecule has 0 saturated carbocycles. The molecule has 0 unspecified atom stereocenters. The Morgan fingerprint density at radius 3 is 2.64 bits per heavy atom. The van der Waals surface area contributed by atoms with Crippen LogP contribution in [-0.4, -0.2) is 25.1 Å². The van der Waals surface area contributed by atoms with E-state index in [0.29, 0.717) is 5.56 Å². The summed E-state index contributed by atoms with van der Waals surface area (Å²) in [6.45, 7) is 1.97. The van der Waals surface area contributed by atoms with Crippen LogP contribution < -0.4 is 0 Å². The summed E-state index contributed by atoms with van der Waals surface area (Å²) in [6, 6.07) is 5.45. The lowest BCUT2D eigenvalue weighted by atomic mass is 10.1. The number of aryl methyl sites for hydroxylation is 1. The summed E-state index contributed by atoms with van der Waals surface area (Å²) >= 11 is 3.37. The Morgan fingerprint density at radius 2 is 2.14 bits per heavy atom. The van der Waals surface area contributed by atoms with Crippen molar-refractivity contribution < 1.29 is 9.63 Å². The van der Waals surface area contributed by atoms with E-state index in [4.69, 9.17) is 4.84 Å². The topological polar surface area (TPSA) is 29.5 Å². The molecule has 3 nitrogen and oxygen atoms in total. The summed E-state index contributed by atoms with van der Waals surface area (Å²) in [4.78, 5) is 16.4. The first-order valence-electron chi connectivity index (χ1n) is 4.14. The minimum absolute atomic E-state index is 0.159. The van der Waals surface area contributed by atoms with E-state index in [1.807, 2.05) is 13.0 Å². The van der Waals surface area contributed by atoms with E-state index in [-0.39, 0.29) is 5.91 Å². The zero-order valence-electron chi connectivity index (χ0n) is 8.37. The Morgan fingerprint density at radius 1 is 1.50 bits per heavy atom. The summed E-state index contributed by atoms with van der Waals surface area (Å²) < 4.78 is 0.924. The van der Waals surface area contributed by atoms with Gasteiger partial charge in [-0.2, -0.15) is 0 Å². The summed E-state index contributed by atoms with van der Waals surface area (Å²) in [6.07, 6.45) is 0. The van der Waals surface area contributed by atoms with Gasteiger partial charge in [0.15, 0.2) is 0 Å². The van der Waals surface area contributed by atoms with E-state index in [0.717, 1.165) is 10.0 Å². The van der Waals surface area contributed by atoms with Gasteiger partial charge in [-0.15, -0.1) is 0 Å². The molecule has 4 heteroatoms. The molecule has 0 spiro atoms. The average molecular weight is 258 g/mol. The highest BCUT2D eigenvalue weighted by Crippen LogP contribution is 2.18. The van der Waals surface area contributed by atoms with Gasteiger partial charge >= 0.3 is 0 Å². The molecule has 0 saturated heterocycles. The third-order valence-corrected chi connectivity index (χ3v) is 2.83. The average Bonchev–Trinajstić information content (AvgIpc) is 2.20. The Kier molecular flexibility index (Phi) is 3.66. The lowest BCUT2D eigenvalue weighted by Gasteiger charge is -2.13. The van der Waals surface area contributed by atoms with Gasteiger partial charge in [0.25, 0.3) is 5.91 Å². The predicted molar refractivity (Wildman–Crippen MR) is 58.0 cm³/mol. The van der Waals surface area contributed by atoms with Crippen LogP contribution in [0.5, 0.6) is 0 Å². The van der Waals surface area contributed by atoms with Crippen molar-refractivity contribution >= 4 is 21.8 Å². The quantitative estimate of drug-likeness (QED) is 0.762. The number of hydroxylamine groups is 2. The van der Waals surface area contributed by atoms with Crippen LogP contribution in [0.25, 0.3) is 0 Å². The first-order chi connectivity index (χ1) is 6.56. The molecule has 0 heterocycles. The van der Waals surface area contributed by atoms with E-state index in [1.165, 1.54) is 12.2 Å².